The van der Waals surface area contributed by atoms with Gasteiger partial charge in [0.05, 0.1) is 37.1 Å². The molecule has 6 aromatic rings. The van der Waals surface area contributed by atoms with Crippen molar-refractivity contribution in [3.8, 4) is 11.1 Å². The third-order valence-corrected chi connectivity index (χ3v) is 19.0. The fraction of sp³-hybridized carbons (Fsp3) is 0.258. The van der Waals surface area contributed by atoms with E-state index in [0.29, 0.717) is 0 Å². The van der Waals surface area contributed by atoms with E-state index in [-0.39, 0.29) is 46.4 Å². The van der Waals surface area contributed by atoms with Gasteiger partial charge < -0.3 is 12.3 Å². The van der Waals surface area contributed by atoms with Crippen molar-refractivity contribution in [2.24, 2.45) is 0 Å². The zero-order valence-electron chi connectivity index (χ0n) is 41.7. The van der Waals surface area contributed by atoms with Crippen LogP contribution in [0.4, 0.5) is 0 Å². The summed E-state index contributed by atoms with van der Waals surface area (Å²) in [5.74, 6) is 0. The topological polar surface area (TPSA) is 67.0 Å². The van der Waals surface area contributed by atoms with Gasteiger partial charge in [-0.05, 0) is 87.1 Å². The molecule has 0 fully saturated rings. The molecule has 0 bridgehead atoms. The number of hydrogen-bond acceptors (Lipinski definition) is 0. The van der Waals surface area contributed by atoms with Gasteiger partial charge in [0.1, 0.15) is 0 Å². The van der Waals surface area contributed by atoms with Gasteiger partial charge in [-0.1, -0.05) is 204 Å². The van der Waals surface area contributed by atoms with Gasteiger partial charge in [-0.2, -0.15) is 0 Å². The van der Waals surface area contributed by atoms with E-state index < -0.39 is 15.8 Å². The Hall–Kier alpha value is -4.16. The number of allylic oxidation sites excluding steroid dienone is 10. The molecule has 4 N–H and O–H groups in total. The Morgan fingerprint density at radius 3 is 1.16 bits per heavy atom. The third kappa shape index (κ3) is 12.0. The molecule has 2 nitrogen and oxygen atoms in total. The molecule has 0 heterocycles. The summed E-state index contributed by atoms with van der Waals surface area (Å²) >= 11 is 0. The first-order valence-corrected chi connectivity index (χ1v) is 27.3. The quantitative estimate of drug-likeness (QED) is 0.0559. The summed E-state index contributed by atoms with van der Waals surface area (Å²) in [6.07, 6.45) is 18.1. The van der Waals surface area contributed by atoms with E-state index in [2.05, 4.69) is 225 Å². The van der Waals surface area contributed by atoms with Crippen LogP contribution in [0.2, 0.25) is 0 Å². The van der Waals surface area contributed by atoms with Gasteiger partial charge in [-0.3, -0.25) is 0 Å². The first-order valence-electron chi connectivity index (χ1n) is 24.3. The van der Waals surface area contributed by atoms with Crippen molar-refractivity contribution in [1.82, 2.24) is 0 Å². The first-order chi connectivity index (χ1) is 31.5. The van der Waals surface area contributed by atoms with Crippen LogP contribution >= 0.6 is 15.8 Å². The van der Waals surface area contributed by atoms with Crippen molar-refractivity contribution < 1.29 is 34.1 Å². The van der Waals surface area contributed by atoms with Crippen molar-refractivity contribution in [2.75, 3.05) is 0 Å². The maximum absolute atomic E-state index is 2.40. The monoisotopic (exact) mass is 1020 g/mol. The summed E-state index contributed by atoms with van der Waals surface area (Å²) in [6.45, 7) is 18.6. The molecular weight excluding hydrogens is 945 g/mol. The van der Waals surface area contributed by atoms with Crippen LogP contribution in [-0.4, -0.2) is 0 Å². The fourth-order valence-electron chi connectivity index (χ4n) is 10.8. The molecule has 0 atom stereocenters. The van der Waals surface area contributed by atoms with Crippen LogP contribution < -0.4 is 26.5 Å². The van der Waals surface area contributed by atoms with E-state index in [0.717, 1.165) is 51.4 Å². The average Bonchev–Trinajstić information content (AvgIpc) is 3.86. The van der Waals surface area contributed by atoms with E-state index in [1.165, 1.54) is 54.5 Å². The van der Waals surface area contributed by atoms with Crippen molar-refractivity contribution in [2.45, 2.75) is 107 Å². The Morgan fingerprint density at radius 2 is 0.779 bits per heavy atom. The molecule has 0 aliphatic heterocycles. The van der Waals surface area contributed by atoms with E-state index in [4.69, 9.17) is 0 Å². The van der Waals surface area contributed by atoms with Gasteiger partial charge in [-0.25, -0.2) is 0 Å². The van der Waals surface area contributed by atoms with Crippen molar-refractivity contribution in [1.29, 1.82) is 0 Å². The minimum absolute atomic E-state index is 0. The van der Waals surface area contributed by atoms with Crippen LogP contribution in [0.25, 0.3) is 23.4 Å². The Morgan fingerprint density at radius 1 is 0.397 bits per heavy atom. The molecule has 2 aliphatic carbocycles. The second-order valence-electron chi connectivity index (χ2n) is 16.7. The zero-order valence-corrected chi connectivity index (χ0v) is 46.1. The van der Waals surface area contributed by atoms with Crippen molar-refractivity contribution >= 4 is 42.4 Å². The van der Waals surface area contributed by atoms with E-state index in [9.17, 15) is 0 Å². The average molecular weight is 1020 g/mol. The van der Waals surface area contributed by atoms with Crippen LogP contribution in [-0.2, 0) is 59.8 Å². The predicted octanol–water partition coefficient (Wildman–Crippen LogP) is 16.3. The van der Waals surface area contributed by atoms with Crippen LogP contribution in [0.1, 0.15) is 103 Å². The number of nitrogens with two attached hydrogens (primary N) is 2. The molecule has 0 saturated heterocycles. The van der Waals surface area contributed by atoms with E-state index >= 15 is 0 Å². The van der Waals surface area contributed by atoms with Crippen LogP contribution in [0.5, 0.6) is 0 Å². The largest absolute Gasteiger partial charge is 2.00 e. The molecule has 0 aromatic heterocycles. The standard InChI is InChI=1S/C31H35P.C31H34P.2Mn.2H2N/c2*1-5-25-26(6-2)28(8-4)31(27(25)7-3)29-21-15-16-22-30(29)32(23-17-11-9-12-18-23)24-19-13-10-14-20-24;;;;/h9-22,32H,5-8H2,1-4H3;9-22H,5-8H2,1-4H3;;;2*1H2/q;-1;2*+2;2*-1/p+1. The van der Waals surface area contributed by atoms with E-state index in [1.54, 1.807) is 44.5 Å². The zero-order chi connectivity index (χ0) is 45.0. The van der Waals surface area contributed by atoms with Gasteiger partial charge in [0.25, 0.3) is 0 Å². The summed E-state index contributed by atoms with van der Waals surface area (Å²) in [7, 11) is -2.24. The van der Waals surface area contributed by atoms with E-state index in [1.807, 2.05) is 0 Å². The molecule has 6 aromatic carbocycles. The fourth-order valence-corrected chi connectivity index (χ4v) is 16.3. The SMILES string of the molecule is CCC1=C(CC)C(=C2C=CC=C[C-]2[PH+](c2ccccc2)c2ccccc2)C(CC)=C1CC.CCc1c(CC)c(CC)[c-](-c2ccccc2[PH+](c2ccccc2)c2ccccc2)c1CC.[Mn+2].[Mn+2].[NH2-].[NH2-]. The van der Waals surface area contributed by atoms with Gasteiger partial charge in [-0.15, -0.1) is 52.6 Å². The maximum atomic E-state index is 2.40. The Bertz CT molecular complexity index is 2500. The predicted molar refractivity (Wildman–Crippen MR) is 300 cm³/mol. The van der Waals surface area contributed by atoms with Crippen LogP contribution in [0.15, 0.2) is 203 Å². The maximum Gasteiger partial charge on any atom is 2.00 e. The molecule has 0 saturated carbocycles. The Balaban J connectivity index is 0.000000340. The molecule has 8 rings (SSSR count). The summed E-state index contributed by atoms with van der Waals surface area (Å²) < 4.78 is 0. The second-order valence-corrected chi connectivity index (χ2v) is 21.6. The molecule has 0 spiro atoms. The van der Waals surface area contributed by atoms with Crippen molar-refractivity contribution in [3.05, 3.63) is 244 Å². The molecular formula is C62H74Mn2N2P2+2. The molecule has 0 amide bonds. The number of hydrogen-bond donors (Lipinski definition) is 0. The summed E-state index contributed by atoms with van der Waals surface area (Å²) in [6, 6.07) is 53.8. The summed E-state index contributed by atoms with van der Waals surface area (Å²) in [5.41, 5.74) is 20.2. The number of rotatable bonds is 15. The first kappa shape index (κ1) is 58.2. The van der Waals surface area contributed by atoms with Gasteiger partial charge >= 0.3 is 34.1 Å². The minimum atomic E-state index is -1.12. The molecule has 354 valence electrons. The normalized spacial score (nSPS) is 12.9. The van der Waals surface area contributed by atoms with Crippen LogP contribution in [0.3, 0.4) is 0 Å². The smallest absolute Gasteiger partial charge is 0.693 e. The Kier molecular flexibility index (Phi) is 24.4. The van der Waals surface area contributed by atoms with Gasteiger partial charge in [0.15, 0.2) is 0 Å². The summed E-state index contributed by atoms with van der Waals surface area (Å²) in [5, 5.41) is 7.31. The molecule has 2 aliphatic rings. The molecule has 6 heteroatoms. The number of benzene rings is 5. The minimum Gasteiger partial charge on any atom is -0.693 e. The molecule has 0 unspecified atom stereocenters. The Labute approximate surface area is 435 Å². The van der Waals surface area contributed by atoms with Gasteiger partial charge in [0, 0.05) is 11.0 Å². The summed E-state index contributed by atoms with van der Waals surface area (Å²) in [4.78, 5) is 0. The second kappa shape index (κ2) is 28.5. The molecule has 68 heavy (non-hydrogen) atoms. The van der Waals surface area contributed by atoms with Crippen molar-refractivity contribution in [3.63, 3.8) is 0 Å². The van der Waals surface area contributed by atoms with Gasteiger partial charge in [0.2, 0.25) is 0 Å². The van der Waals surface area contributed by atoms with Crippen LogP contribution in [0, 0.1) is 5.66 Å². The molecule has 2 radical (unpaired) electrons. The third-order valence-electron chi connectivity index (χ3n) is 13.4.